The predicted octanol–water partition coefficient (Wildman–Crippen LogP) is 6.96. The van der Waals surface area contributed by atoms with Crippen LogP contribution in [0.15, 0.2) is 97.1 Å². The Labute approximate surface area is 198 Å². The van der Waals surface area contributed by atoms with Crippen molar-refractivity contribution in [2.75, 3.05) is 6.61 Å². The van der Waals surface area contributed by atoms with Gasteiger partial charge in [-0.2, -0.15) is 0 Å². The van der Waals surface area contributed by atoms with Crippen LogP contribution < -0.4 is 10.6 Å². The lowest BCUT2D eigenvalue weighted by Gasteiger charge is -2.28. The third kappa shape index (κ3) is 5.89. The molecule has 4 aromatic carbocycles. The molecular weight excluding hydrogens is 423 g/mol. The van der Waals surface area contributed by atoms with Crippen molar-refractivity contribution < 1.29 is 9.53 Å². The molecule has 0 saturated carbocycles. The van der Waals surface area contributed by atoms with E-state index in [4.69, 9.17) is 4.74 Å². The smallest absolute Gasteiger partial charge is 0.302 e. The summed E-state index contributed by atoms with van der Waals surface area (Å²) < 4.78 is 5.59. The van der Waals surface area contributed by atoms with Crippen LogP contribution in [-0.4, -0.2) is 18.2 Å². The molecule has 0 spiro atoms. The van der Waals surface area contributed by atoms with Gasteiger partial charge in [-0.25, -0.2) is 0 Å². The molecule has 4 aromatic rings. The quantitative estimate of drug-likeness (QED) is 0.179. The minimum atomic E-state index is -0.808. The second kappa shape index (κ2) is 9.89. The van der Waals surface area contributed by atoms with Crippen LogP contribution in [0.5, 0.6) is 0 Å². The number of hydrogen-bond donors (Lipinski definition) is 0. The Balaban J connectivity index is 1.87. The number of fused-ring (bicyclic) bond motifs is 2. The van der Waals surface area contributed by atoms with E-state index in [9.17, 15) is 4.79 Å². The van der Waals surface area contributed by atoms with E-state index in [1.54, 1.807) is 0 Å². The first-order valence-electron chi connectivity index (χ1n) is 11.4. The maximum Gasteiger partial charge on any atom is 0.302 e. The lowest BCUT2D eigenvalue weighted by atomic mass is 9.96. The molecule has 3 heteroatoms. The zero-order chi connectivity index (χ0) is 23.4. The predicted molar refractivity (Wildman–Crippen MR) is 143 cm³/mol. The van der Waals surface area contributed by atoms with E-state index in [-0.39, 0.29) is 17.0 Å². The molecule has 0 fully saturated rings. The second-order valence-corrected chi connectivity index (χ2v) is 12.0. The van der Waals surface area contributed by atoms with Crippen molar-refractivity contribution in [1.82, 2.24) is 0 Å². The van der Waals surface area contributed by atoms with E-state index >= 15 is 0 Å². The summed E-state index contributed by atoms with van der Waals surface area (Å²) in [6, 6.07) is 30.5. The molecule has 0 aliphatic heterocycles. The maximum absolute atomic E-state index is 11.8. The van der Waals surface area contributed by atoms with Crippen molar-refractivity contribution in [2.45, 2.75) is 33.4 Å². The monoisotopic (exact) mass is 454 g/mol. The van der Waals surface area contributed by atoms with Gasteiger partial charge in [0.05, 0.1) is 0 Å². The molecule has 0 aliphatic carbocycles. The van der Waals surface area contributed by atoms with Crippen LogP contribution in [0, 0.1) is 5.41 Å². The van der Waals surface area contributed by atoms with Crippen LogP contribution in [0.1, 0.15) is 27.7 Å². The molecule has 168 valence electrons. The number of rotatable bonds is 6. The lowest BCUT2D eigenvalue weighted by Crippen LogP contribution is -2.25. The van der Waals surface area contributed by atoms with Gasteiger partial charge in [0.1, 0.15) is 6.61 Å². The molecule has 0 radical (unpaired) electrons. The Kier molecular flexibility index (Phi) is 6.96. The van der Waals surface area contributed by atoms with Crippen molar-refractivity contribution in [2.24, 2.45) is 5.41 Å². The zero-order valence-electron chi connectivity index (χ0n) is 19.8. The highest BCUT2D eigenvalue weighted by Crippen LogP contribution is 2.42. The van der Waals surface area contributed by atoms with Gasteiger partial charge in [-0.15, -0.1) is 0 Å². The normalized spacial score (nSPS) is 13.1. The number of esters is 1. The maximum atomic E-state index is 11.8. The van der Waals surface area contributed by atoms with Gasteiger partial charge in [-0.3, -0.25) is 4.79 Å². The third-order valence-corrected chi connectivity index (χ3v) is 8.28. The number of ether oxygens (including phenoxy) is 1. The van der Waals surface area contributed by atoms with Crippen LogP contribution in [0.3, 0.4) is 0 Å². The van der Waals surface area contributed by atoms with E-state index in [0.717, 1.165) is 0 Å². The summed E-state index contributed by atoms with van der Waals surface area (Å²) in [4.78, 5) is 11.8. The molecule has 2 nitrogen and oxygen atoms in total. The Hall–Kier alpha value is -2.96. The standard InChI is InChI=1S/C30H31O2P/c1-22(31)32-21-29(17-18-30(2,3)4)33(27-15-13-23-9-5-7-11-25(23)19-27)28-16-14-24-10-6-8-12-26(24)20-28/h5-20,29H,21H2,1-4H3. The van der Waals surface area contributed by atoms with E-state index < -0.39 is 7.92 Å². The molecule has 0 amide bonds. The van der Waals surface area contributed by atoms with Crippen molar-refractivity contribution in [1.29, 1.82) is 0 Å². The summed E-state index contributed by atoms with van der Waals surface area (Å²) in [5.74, 6) is -0.240. The molecule has 0 aromatic heterocycles. The fraction of sp³-hybridized carbons (Fsp3) is 0.233. The van der Waals surface area contributed by atoms with Crippen LogP contribution in [0.2, 0.25) is 0 Å². The number of benzene rings is 4. The minimum Gasteiger partial charge on any atom is -0.465 e. The van der Waals surface area contributed by atoms with Crippen LogP contribution in [0.4, 0.5) is 0 Å². The minimum absolute atomic E-state index is 0.0439. The molecule has 0 bridgehead atoms. The molecule has 33 heavy (non-hydrogen) atoms. The van der Waals surface area contributed by atoms with Crippen molar-refractivity contribution in [3.63, 3.8) is 0 Å². The van der Waals surface area contributed by atoms with Crippen LogP contribution >= 0.6 is 7.92 Å². The number of allylic oxidation sites excluding steroid dienone is 1. The SMILES string of the molecule is CC(=O)OCC(C=CC(C)(C)C)P(c1ccc2ccccc2c1)c1ccc2ccccc2c1. The summed E-state index contributed by atoms with van der Waals surface area (Å²) in [6.45, 7) is 8.44. The second-order valence-electron chi connectivity index (χ2n) is 9.53. The molecular formula is C30H31O2P. The fourth-order valence-corrected chi connectivity index (χ4v) is 6.58. The summed E-state index contributed by atoms with van der Waals surface area (Å²) in [6.07, 6.45) is 4.51. The average molecular weight is 455 g/mol. The van der Waals surface area contributed by atoms with Gasteiger partial charge >= 0.3 is 5.97 Å². The van der Waals surface area contributed by atoms with Gasteiger partial charge in [0, 0.05) is 12.6 Å². The third-order valence-electron chi connectivity index (χ3n) is 5.63. The van der Waals surface area contributed by atoms with E-state index in [1.165, 1.54) is 39.1 Å². The Morgan fingerprint density at radius 3 is 1.76 bits per heavy atom. The first-order chi connectivity index (χ1) is 15.8. The molecule has 0 heterocycles. The van der Waals surface area contributed by atoms with Gasteiger partial charge in [0.25, 0.3) is 0 Å². The van der Waals surface area contributed by atoms with E-state index in [2.05, 4.69) is 118 Å². The molecule has 4 rings (SSSR count). The Bertz CT molecular complexity index is 1220. The van der Waals surface area contributed by atoms with Crippen molar-refractivity contribution in [3.05, 3.63) is 97.1 Å². The molecule has 0 aliphatic rings. The molecule has 0 N–H and O–H groups in total. The summed E-state index contributed by atoms with van der Waals surface area (Å²) >= 11 is 0. The fourth-order valence-electron chi connectivity index (χ4n) is 4.00. The Morgan fingerprint density at radius 2 is 1.30 bits per heavy atom. The number of carbonyl (C=O) groups is 1. The zero-order valence-corrected chi connectivity index (χ0v) is 20.7. The van der Waals surface area contributed by atoms with Gasteiger partial charge in [-0.05, 0) is 57.6 Å². The van der Waals surface area contributed by atoms with E-state index in [1.807, 2.05) is 0 Å². The first-order valence-corrected chi connectivity index (χ1v) is 12.8. The van der Waals surface area contributed by atoms with Gasteiger partial charge in [0.2, 0.25) is 0 Å². The molecule has 1 atom stereocenters. The molecule has 1 unspecified atom stereocenters. The molecule has 0 saturated heterocycles. The highest BCUT2D eigenvalue weighted by molar-refractivity contribution is 7.73. The van der Waals surface area contributed by atoms with Gasteiger partial charge in [0.15, 0.2) is 0 Å². The van der Waals surface area contributed by atoms with Gasteiger partial charge < -0.3 is 4.74 Å². The van der Waals surface area contributed by atoms with Crippen LogP contribution in [0.25, 0.3) is 21.5 Å². The summed E-state index contributed by atoms with van der Waals surface area (Å²) in [5, 5.41) is 7.50. The summed E-state index contributed by atoms with van der Waals surface area (Å²) in [7, 11) is -0.808. The topological polar surface area (TPSA) is 26.3 Å². The number of hydrogen-bond acceptors (Lipinski definition) is 2. The largest absolute Gasteiger partial charge is 0.465 e. The van der Waals surface area contributed by atoms with Crippen molar-refractivity contribution >= 4 is 46.0 Å². The van der Waals surface area contributed by atoms with Crippen molar-refractivity contribution in [3.8, 4) is 0 Å². The average Bonchev–Trinajstić information content (AvgIpc) is 2.79. The van der Waals surface area contributed by atoms with Gasteiger partial charge in [-0.1, -0.05) is 106 Å². The van der Waals surface area contributed by atoms with Crippen LogP contribution in [-0.2, 0) is 9.53 Å². The highest BCUT2D eigenvalue weighted by Gasteiger charge is 2.25. The first kappa shape index (κ1) is 23.2. The highest BCUT2D eigenvalue weighted by atomic mass is 31.1. The van der Waals surface area contributed by atoms with E-state index in [0.29, 0.717) is 6.61 Å². The number of carbonyl (C=O) groups excluding carboxylic acids is 1. The summed E-state index contributed by atoms with van der Waals surface area (Å²) in [5.41, 5.74) is 0.118. The Morgan fingerprint density at radius 1 is 0.818 bits per heavy atom. The lowest BCUT2D eigenvalue weighted by molar-refractivity contribution is -0.140.